The van der Waals surface area contributed by atoms with Gasteiger partial charge in [0.1, 0.15) is 5.82 Å². The highest BCUT2D eigenvalue weighted by atomic mass is 35.5. The van der Waals surface area contributed by atoms with Crippen LogP contribution in [0.2, 0.25) is 0 Å². The Hall–Kier alpha value is -4.24. The Bertz CT molecular complexity index is 1790. The van der Waals surface area contributed by atoms with Gasteiger partial charge in [-0.2, -0.15) is 23.1 Å². The lowest BCUT2D eigenvalue weighted by molar-refractivity contribution is -0.154. The molecule has 0 bridgehead atoms. The number of halogens is 5. The van der Waals surface area contributed by atoms with E-state index >= 15 is 0 Å². The molecule has 2 aliphatic heterocycles. The smallest absolute Gasteiger partial charge is 0.422 e. The third-order valence-electron chi connectivity index (χ3n) is 9.74. The Kier molecular flexibility index (Phi) is 13.0. The van der Waals surface area contributed by atoms with E-state index < -0.39 is 12.8 Å². The second-order valence-corrected chi connectivity index (χ2v) is 13.2. The van der Waals surface area contributed by atoms with E-state index in [-0.39, 0.29) is 84.5 Å². The van der Waals surface area contributed by atoms with Gasteiger partial charge in [0.05, 0.1) is 32.2 Å². The molecule has 0 radical (unpaired) electrons. The normalized spacial score (nSPS) is 19.1. The zero-order valence-electron chi connectivity index (χ0n) is 29.3. The Balaban J connectivity index is 0.00000271. The summed E-state index contributed by atoms with van der Waals surface area (Å²) in [5.41, 5.74) is 2.85. The Morgan fingerprint density at radius 2 is 1.51 bits per heavy atom. The van der Waals surface area contributed by atoms with Gasteiger partial charge in [-0.3, -0.25) is 19.6 Å². The summed E-state index contributed by atoms with van der Waals surface area (Å²) in [5.74, 6) is 0.579. The molecule has 1 saturated carbocycles. The molecule has 284 valence electrons. The molecule has 3 fully saturated rings. The summed E-state index contributed by atoms with van der Waals surface area (Å²) in [4.78, 5) is 37.8. The number of carbonyl (C=O) groups is 1. The summed E-state index contributed by atoms with van der Waals surface area (Å²) in [6.07, 6.45) is 0.0737. The number of methoxy groups -OCH3 is 2. The minimum absolute atomic E-state index is 0. The van der Waals surface area contributed by atoms with Crippen LogP contribution in [0.1, 0.15) is 57.7 Å². The topological polar surface area (TPSA) is 106 Å². The van der Waals surface area contributed by atoms with Crippen molar-refractivity contribution in [2.75, 3.05) is 53.6 Å². The van der Waals surface area contributed by atoms with Crippen LogP contribution in [0, 0.1) is 0 Å². The number of hydrogen-bond acceptors (Lipinski definition) is 10. The van der Waals surface area contributed by atoms with Gasteiger partial charge in [0.25, 0.3) is 5.91 Å². The number of ether oxygens (including phenoxy) is 3. The highest BCUT2D eigenvalue weighted by Gasteiger charge is 2.44. The largest absolute Gasteiger partial charge is 0.481 e. The van der Waals surface area contributed by atoms with E-state index in [4.69, 9.17) is 14.2 Å². The number of piperazine rings is 2. The molecule has 7 rings (SSSR count). The van der Waals surface area contributed by atoms with Crippen molar-refractivity contribution < 1.29 is 32.2 Å². The van der Waals surface area contributed by atoms with Gasteiger partial charge in [0, 0.05) is 63.2 Å². The van der Waals surface area contributed by atoms with E-state index in [1.165, 1.54) is 26.6 Å². The van der Waals surface area contributed by atoms with Crippen LogP contribution in [-0.2, 0) is 6.54 Å². The van der Waals surface area contributed by atoms with Crippen LogP contribution in [0.15, 0.2) is 73.1 Å². The molecule has 1 aliphatic carbocycles. The lowest BCUT2D eigenvalue weighted by atomic mass is 9.81. The fraction of sp³-hybridized carbons (Fsp3) is 0.432. The number of hydrogen-bond donors (Lipinski definition) is 0. The molecule has 2 aromatic carbocycles. The minimum atomic E-state index is -4.55. The van der Waals surface area contributed by atoms with E-state index in [0.29, 0.717) is 44.1 Å². The third-order valence-corrected chi connectivity index (χ3v) is 9.74. The van der Waals surface area contributed by atoms with Crippen LogP contribution in [-0.4, -0.2) is 112 Å². The standard InChI is InChI=1S/C37H40F3N7O4.2ClH/c1-49-31-18-41-17-29(42-31)36(48)46-15-16-47-27(20-46)19-45(22-30(47)32(24-9-5-3-6-10-24)25-11-7-4-8-12-25)21-28-34(50-2)43-33(26-13-14-26)44-35(28)51-23-37(38,39)40;;/h3-12,17-18,26-27,30,32H,13-16,19-23H2,1-2H3;2*1H/t27-,30?;;/m0../s1. The molecule has 0 spiro atoms. The molecule has 16 heteroatoms. The monoisotopic (exact) mass is 775 g/mol. The fourth-order valence-corrected chi connectivity index (χ4v) is 7.27. The zero-order valence-corrected chi connectivity index (χ0v) is 30.9. The molecule has 11 nitrogen and oxygen atoms in total. The van der Waals surface area contributed by atoms with Crippen molar-refractivity contribution >= 4 is 30.7 Å². The van der Waals surface area contributed by atoms with Crippen LogP contribution in [0.25, 0.3) is 0 Å². The number of amides is 1. The quantitative estimate of drug-likeness (QED) is 0.186. The maximum Gasteiger partial charge on any atom is 0.422 e. The first-order valence-electron chi connectivity index (χ1n) is 17.1. The third kappa shape index (κ3) is 9.29. The average molecular weight is 777 g/mol. The number of rotatable bonds is 11. The van der Waals surface area contributed by atoms with E-state index in [2.05, 4.69) is 54.0 Å². The van der Waals surface area contributed by atoms with Crippen molar-refractivity contribution in [1.82, 2.24) is 34.6 Å². The Morgan fingerprint density at radius 3 is 2.11 bits per heavy atom. The lowest BCUT2D eigenvalue weighted by Gasteiger charge is -2.53. The summed E-state index contributed by atoms with van der Waals surface area (Å²) >= 11 is 0. The van der Waals surface area contributed by atoms with Crippen molar-refractivity contribution in [2.24, 2.45) is 0 Å². The molecule has 2 atom stereocenters. The van der Waals surface area contributed by atoms with Crippen molar-refractivity contribution in [3.05, 3.63) is 101 Å². The summed E-state index contributed by atoms with van der Waals surface area (Å²) in [5, 5.41) is 0. The summed E-state index contributed by atoms with van der Waals surface area (Å²) in [6, 6.07) is 20.4. The number of fused-ring (bicyclic) bond motifs is 1. The first kappa shape index (κ1) is 40.0. The molecule has 3 aliphatic rings. The summed E-state index contributed by atoms with van der Waals surface area (Å²) in [7, 11) is 2.94. The molecule has 4 aromatic rings. The molecule has 1 unspecified atom stereocenters. The van der Waals surface area contributed by atoms with E-state index in [0.717, 1.165) is 24.0 Å². The number of aromatic nitrogens is 4. The number of nitrogens with zero attached hydrogens (tertiary/aromatic N) is 7. The lowest BCUT2D eigenvalue weighted by Crippen LogP contribution is -2.67. The summed E-state index contributed by atoms with van der Waals surface area (Å²) in [6.45, 7) is 1.32. The second kappa shape index (κ2) is 17.3. The molecular formula is C37H42Cl2F3N7O4. The van der Waals surface area contributed by atoms with Gasteiger partial charge in [-0.05, 0) is 24.0 Å². The maximum absolute atomic E-state index is 13.7. The maximum atomic E-state index is 13.7. The molecule has 2 aromatic heterocycles. The van der Waals surface area contributed by atoms with Crippen LogP contribution < -0.4 is 14.2 Å². The number of carbonyl (C=O) groups excluding carboxylic acids is 1. The van der Waals surface area contributed by atoms with Crippen molar-refractivity contribution in [2.45, 2.75) is 49.5 Å². The zero-order chi connectivity index (χ0) is 35.5. The van der Waals surface area contributed by atoms with Gasteiger partial charge in [-0.1, -0.05) is 60.7 Å². The number of benzene rings is 2. The minimum Gasteiger partial charge on any atom is -0.481 e. The van der Waals surface area contributed by atoms with Gasteiger partial charge < -0.3 is 19.1 Å². The fourth-order valence-electron chi connectivity index (χ4n) is 7.27. The first-order chi connectivity index (χ1) is 24.7. The van der Waals surface area contributed by atoms with Crippen LogP contribution in [0.4, 0.5) is 13.2 Å². The van der Waals surface area contributed by atoms with Gasteiger partial charge in [-0.25, -0.2) is 4.98 Å². The van der Waals surface area contributed by atoms with Crippen LogP contribution in [0.3, 0.4) is 0 Å². The van der Waals surface area contributed by atoms with Gasteiger partial charge in [0.2, 0.25) is 17.6 Å². The van der Waals surface area contributed by atoms with Crippen LogP contribution >= 0.6 is 24.8 Å². The molecule has 2 saturated heterocycles. The van der Waals surface area contributed by atoms with Gasteiger partial charge in [-0.15, -0.1) is 24.8 Å². The molecular weight excluding hydrogens is 734 g/mol. The van der Waals surface area contributed by atoms with E-state index in [1.807, 2.05) is 36.4 Å². The van der Waals surface area contributed by atoms with Gasteiger partial charge >= 0.3 is 6.18 Å². The summed E-state index contributed by atoms with van der Waals surface area (Å²) < 4.78 is 56.6. The van der Waals surface area contributed by atoms with E-state index in [9.17, 15) is 18.0 Å². The van der Waals surface area contributed by atoms with Gasteiger partial charge in [0.15, 0.2) is 12.3 Å². The first-order valence-corrected chi connectivity index (χ1v) is 17.1. The van der Waals surface area contributed by atoms with E-state index in [1.54, 1.807) is 4.90 Å². The van der Waals surface area contributed by atoms with Crippen molar-refractivity contribution in [3.63, 3.8) is 0 Å². The SMILES string of the molecule is COc1cncc(C(=O)N2CCN3C(C(c4ccccc4)c4ccccc4)CN(Cc4c(OC)nc(C5CC5)nc4OCC(F)(F)F)C[C@H]3C2)n1.Cl.Cl. The van der Waals surface area contributed by atoms with Crippen molar-refractivity contribution in [1.29, 1.82) is 0 Å². The second-order valence-electron chi connectivity index (χ2n) is 13.2. The molecule has 4 heterocycles. The predicted molar refractivity (Wildman–Crippen MR) is 195 cm³/mol. The molecule has 1 amide bonds. The molecule has 53 heavy (non-hydrogen) atoms. The predicted octanol–water partition coefficient (Wildman–Crippen LogP) is 5.79. The van der Waals surface area contributed by atoms with Crippen molar-refractivity contribution in [3.8, 4) is 17.6 Å². The average Bonchev–Trinajstić information content (AvgIpc) is 4.00. The Labute approximate surface area is 318 Å². The van der Waals surface area contributed by atoms with Crippen LogP contribution in [0.5, 0.6) is 17.6 Å². The Morgan fingerprint density at radius 1 is 0.849 bits per heavy atom. The number of alkyl halides is 3. The highest BCUT2D eigenvalue weighted by Crippen LogP contribution is 2.42. The highest BCUT2D eigenvalue weighted by molar-refractivity contribution is 5.92. The molecule has 0 N–H and O–H groups in total.